The lowest BCUT2D eigenvalue weighted by Gasteiger charge is -2.01. The molecule has 0 amide bonds. The van der Waals surface area contributed by atoms with Gasteiger partial charge in [-0.05, 0) is 34.5 Å². The number of nitrogens with zero attached hydrogens (tertiary/aromatic N) is 1. The highest BCUT2D eigenvalue weighted by atomic mass is 79.9. The van der Waals surface area contributed by atoms with Crippen LogP contribution < -0.4 is 5.56 Å². The Morgan fingerprint density at radius 3 is 2.62 bits per heavy atom. The molecule has 0 aliphatic rings. The Morgan fingerprint density at radius 2 is 2.00 bits per heavy atom. The van der Waals surface area contributed by atoms with Crippen LogP contribution in [0.1, 0.15) is 16.8 Å². The molecule has 0 unspecified atom stereocenters. The van der Waals surface area contributed by atoms with E-state index in [9.17, 15) is 4.79 Å². The van der Waals surface area contributed by atoms with Crippen molar-refractivity contribution in [1.82, 2.24) is 10.2 Å². The second-order valence-electron chi connectivity index (χ2n) is 3.70. The average molecular weight is 279 g/mol. The van der Waals surface area contributed by atoms with Crippen LogP contribution in [-0.2, 0) is 6.42 Å². The van der Waals surface area contributed by atoms with Gasteiger partial charge in [0.05, 0.1) is 10.2 Å². The fourth-order valence-electron chi connectivity index (χ4n) is 1.43. The Bertz CT molecular complexity index is 546. The van der Waals surface area contributed by atoms with Gasteiger partial charge in [-0.1, -0.05) is 29.8 Å². The summed E-state index contributed by atoms with van der Waals surface area (Å²) in [5.41, 5.74) is 3.05. The average Bonchev–Trinajstić information content (AvgIpc) is 2.27. The van der Waals surface area contributed by atoms with E-state index in [4.69, 9.17) is 0 Å². The molecule has 0 fully saturated rings. The van der Waals surface area contributed by atoms with Gasteiger partial charge in [-0.25, -0.2) is 5.10 Å². The van der Waals surface area contributed by atoms with Gasteiger partial charge in [-0.3, -0.25) is 4.79 Å². The lowest BCUT2D eigenvalue weighted by atomic mass is 10.1. The number of benzene rings is 1. The van der Waals surface area contributed by atoms with Gasteiger partial charge < -0.3 is 0 Å². The number of aryl methyl sites for hydroxylation is 1. The van der Waals surface area contributed by atoms with E-state index >= 15 is 0 Å². The third-order valence-electron chi connectivity index (χ3n) is 2.32. The molecular formula is C12H11BrN2O. The number of hydrogen-bond donors (Lipinski definition) is 1. The van der Waals surface area contributed by atoms with Crippen LogP contribution in [-0.4, -0.2) is 10.2 Å². The lowest BCUT2D eigenvalue weighted by Crippen LogP contribution is -2.10. The van der Waals surface area contributed by atoms with Gasteiger partial charge in [0.25, 0.3) is 5.56 Å². The molecule has 82 valence electrons. The van der Waals surface area contributed by atoms with E-state index in [1.807, 2.05) is 0 Å². The summed E-state index contributed by atoms with van der Waals surface area (Å²) >= 11 is 3.19. The van der Waals surface area contributed by atoms with Gasteiger partial charge in [-0.15, -0.1) is 0 Å². The predicted molar refractivity (Wildman–Crippen MR) is 66.5 cm³/mol. The number of rotatable bonds is 2. The molecule has 0 atom stereocenters. The van der Waals surface area contributed by atoms with E-state index in [0.29, 0.717) is 4.47 Å². The molecule has 0 radical (unpaired) electrons. The largest absolute Gasteiger partial charge is 0.278 e. The Balaban J connectivity index is 2.23. The third-order valence-corrected chi connectivity index (χ3v) is 2.91. The van der Waals surface area contributed by atoms with Crippen molar-refractivity contribution >= 4 is 15.9 Å². The summed E-state index contributed by atoms with van der Waals surface area (Å²) in [7, 11) is 0. The maximum absolute atomic E-state index is 11.1. The van der Waals surface area contributed by atoms with Crippen LogP contribution in [0.15, 0.2) is 39.6 Å². The molecule has 2 rings (SSSR count). The van der Waals surface area contributed by atoms with Crippen LogP contribution in [0.3, 0.4) is 0 Å². The molecule has 3 nitrogen and oxygen atoms in total. The van der Waals surface area contributed by atoms with Crippen LogP contribution in [0.2, 0.25) is 0 Å². The highest BCUT2D eigenvalue weighted by Crippen LogP contribution is 2.10. The van der Waals surface area contributed by atoms with Crippen molar-refractivity contribution in [2.45, 2.75) is 13.3 Å². The highest BCUT2D eigenvalue weighted by molar-refractivity contribution is 9.10. The molecule has 0 bridgehead atoms. The molecule has 4 heteroatoms. The van der Waals surface area contributed by atoms with Crippen molar-refractivity contribution in [3.05, 3.63) is 62.0 Å². The first-order chi connectivity index (χ1) is 7.65. The van der Waals surface area contributed by atoms with Crippen molar-refractivity contribution in [1.29, 1.82) is 0 Å². The SMILES string of the molecule is Cc1ccc(Cc2cc(Br)c(=O)[nH]n2)cc1. The molecule has 1 heterocycles. The zero-order valence-corrected chi connectivity index (χ0v) is 10.4. The fourth-order valence-corrected chi connectivity index (χ4v) is 1.78. The summed E-state index contributed by atoms with van der Waals surface area (Å²) in [5, 5.41) is 6.44. The van der Waals surface area contributed by atoms with E-state index in [-0.39, 0.29) is 5.56 Å². The summed E-state index contributed by atoms with van der Waals surface area (Å²) < 4.78 is 0.518. The van der Waals surface area contributed by atoms with Gasteiger partial charge in [0.2, 0.25) is 0 Å². The first kappa shape index (κ1) is 11.1. The Labute approximate surface area is 102 Å². The summed E-state index contributed by atoms with van der Waals surface area (Å²) in [4.78, 5) is 11.1. The minimum Gasteiger partial charge on any atom is -0.267 e. The van der Waals surface area contributed by atoms with Crippen molar-refractivity contribution < 1.29 is 0 Å². The van der Waals surface area contributed by atoms with Gasteiger partial charge in [-0.2, -0.15) is 5.10 Å². The molecule has 0 saturated carbocycles. The van der Waals surface area contributed by atoms with E-state index in [1.165, 1.54) is 11.1 Å². The second kappa shape index (κ2) is 4.61. The monoisotopic (exact) mass is 278 g/mol. The van der Waals surface area contributed by atoms with Crippen LogP contribution >= 0.6 is 15.9 Å². The second-order valence-corrected chi connectivity index (χ2v) is 4.55. The first-order valence-electron chi connectivity index (χ1n) is 4.95. The molecule has 1 N–H and O–H groups in total. The molecule has 16 heavy (non-hydrogen) atoms. The van der Waals surface area contributed by atoms with Gasteiger partial charge in [0.1, 0.15) is 0 Å². The number of H-pyrrole nitrogens is 1. The molecule has 0 spiro atoms. The molecule has 1 aromatic heterocycles. The van der Waals surface area contributed by atoms with Crippen LogP contribution in [0.5, 0.6) is 0 Å². The molecule has 1 aromatic carbocycles. The normalized spacial score (nSPS) is 10.4. The molecule has 0 aliphatic carbocycles. The number of nitrogens with one attached hydrogen (secondary N) is 1. The van der Waals surface area contributed by atoms with Crippen LogP contribution in [0.4, 0.5) is 0 Å². The van der Waals surface area contributed by atoms with Gasteiger partial charge in [0.15, 0.2) is 0 Å². The van der Waals surface area contributed by atoms with Gasteiger partial charge >= 0.3 is 0 Å². The zero-order valence-electron chi connectivity index (χ0n) is 8.83. The number of halogens is 1. The van der Waals surface area contributed by atoms with Crippen LogP contribution in [0, 0.1) is 6.92 Å². The lowest BCUT2D eigenvalue weighted by molar-refractivity contribution is 0.903. The molecule has 2 aromatic rings. The highest BCUT2D eigenvalue weighted by Gasteiger charge is 2.01. The number of aromatic nitrogens is 2. The van der Waals surface area contributed by atoms with E-state index in [1.54, 1.807) is 6.07 Å². The zero-order chi connectivity index (χ0) is 11.5. The first-order valence-corrected chi connectivity index (χ1v) is 5.74. The smallest absolute Gasteiger partial charge is 0.267 e. The minimum absolute atomic E-state index is 0.201. The minimum atomic E-state index is -0.201. The van der Waals surface area contributed by atoms with E-state index < -0.39 is 0 Å². The quantitative estimate of drug-likeness (QED) is 0.917. The van der Waals surface area contributed by atoms with Crippen molar-refractivity contribution in [3.63, 3.8) is 0 Å². The van der Waals surface area contributed by atoms with Crippen molar-refractivity contribution in [3.8, 4) is 0 Å². The molecule has 0 saturated heterocycles. The van der Waals surface area contributed by atoms with Gasteiger partial charge in [0, 0.05) is 6.42 Å². The maximum Gasteiger partial charge on any atom is 0.278 e. The summed E-state index contributed by atoms with van der Waals surface area (Å²) in [6.07, 6.45) is 0.718. The summed E-state index contributed by atoms with van der Waals surface area (Å²) in [6, 6.07) is 10.0. The third kappa shape index (κ3) is 2.58. The molecular weight excluding hydrogens is 268 g/mol. The summed E-state index contributed by atoms with van der Waals surface area (Å²) in [6.45, 7) is 2.05. The van der Waals surface area contributed by atoms with E-state index in [2.05, 4.69) is 57.3 Å². The topological polar surface area (TPSA) is 45.8 Å². The van der Waals surface area contributed by atoms with Crippen molar-refractivity contribution in [2.24, 2.45) is 0 Å². The van der Waals surface area contributed by atoms with Crippen LogP contribution in [0.25, 0.3) is 0 Å². The Morgan fingerprint density at radius 1 is 1.31 bits per heavy atom. The Kier molecular flexibility index (Phi) is 3.19. The Hall–Kier alpha value is -1.42. The van der Waals surface area contributed by atoms with Crippen molar-refractivity contribution in [2.75, 3.05) is 0 Å². The number of hydrogen-bond acceptors (Lipinski definition) is 2. The molecule has 0 aliphatic heterocycles. The standard InChI is InChI=1S/C12H11BrN2O/c1-8-2-4-9(5-3-8)6-10-7-11(13)12(16)15-14-10/h2-5,7H,6H2,1H3,(H,15,16). The maximum atomic E-state index is 11.1. The van der Waals surface area contributed by atoms with E-state index in [0.717, 1.165) is 12.1 Å². The fraction of sp³-hybridized carbons (Fsp3) is 0.167. The predicted octanol–water partition coefficient (Wildman–Crippen LogP) is 2.43. The number of aromatic amines is 1. The summed E-state index contributed by atoms with van der Waals surface area (Å²) in [5.74, 6) is 0.